The summed E-state index contributed by atoms with van der Waals surface area (Å²) in [5.41, 5.74) is 6.70. The first-order valence-electron chi connectivity index (χ1n) is 5.32. The number of nitrogens with one attached hydrogen (secondary N) is 1. The summed E-state index contributed by atoms with van der Waals surface area (Å²) >= 11 is 0. The average Bonchev–Trinajstić information content (AvgIpc) is 2.19. The molecule has 0 aromatic rings. The van der Waals surface area contributed by atoms with Gasteiger partial charge in [0, 0.05) is 17.9 Å². The second-order valence-electron chi connectivity index (χ2n) is 4.21. The monoisotopic (exact) mass is 198 g/mol. The summed E-state index contributed by atoms with van der Waals surface area (Å²) in [7, 11) is 0. The molecule has 5 N–H and O–H groups in total. The van der Waals surface area contributed by atoms with Crippen LogP contribution < -0.4 is 16.9 Å². The van der Waals surface area contributed by atoms with Crippen LogP contribution in [0.1, 0.15) is 26.7 Å². The minimum atomic E-state index is 0.364. The average molecular weight is 198 g/mol. The predicted octanol–water partition coefficient (Wildman–Crippen LogP) is 0.370. The Morgan fingerprint density at radius 1 is 1.43 bits per heavy atom. The van der Waals surface area contributed by atoms with E-state index in [-0.39, 0.29) is 0 Å². The van der Waals surface area contributed by atoms with Gasteiger partial charge in [-0.05, 0) is 31.8 Å². The van der Waals surface area contributed by atoms with Crippen LogP contribution in [-0.4, -0.2) is 24.1 Å². The van der Waals surface area contributed by atoms with Gasteiger partial charge < -0.3 is 16.1 Å². The first-order valence-corrected chi connectivity index (χ1v) is 5.32. The molecule has 0 aromatic heterocycles. The molecule has 1 fully saturated rings. The van der Waals surface area contributed by atoms with Gasteiger partial charge in [-0.3, -0.25) is 0 Å². The SMILES string of the molecule is CC(C)/C(N)=C/N(N)C1CCNCC1. The highest BCUT2D eigenvalue weighted by Crippen LogP contribution is 2.10. The normalized spacial score (nSPS) is 20.1. The zero-order valence-electron chi connectivity index (χ0n) is 9.16. The van der Waals surface area contributed by atoms with Crippen molar-refractivity contribution in [1.82, 2.24) is 10.3 Å². The van der Waals surface area contributed by atoms with E-state index in [1.165, 1.54) is 0 Å². The Hall–Kier alpha value is -0.740. The van der Waals surface area contributed by atoms with Gasteiger partial charge in [0.25, 0.3) is 0 Å². The summed E-state index contributed by atoms with van der Waals surface area (Å²) in [5, 5.41) is 5.09. The number of rotatable bonds is 3. The lowest BCUT2D eigenvalue weighted by atomic mass is 10.1. The van der Waals surface area contributed by atoms with E-state index in [0.717, 1.165) is 31.6 Å². The molecule has 82 valence electrons. The number of piperidine rings is 1. The molecule has 1 aliphatic rings. The molecule has 1 aliphatic heterocycles. The van der Waals surface area contributed by atoms with Gasteiger partial charge in [-0.15, -0.1) is 0 Å². The van der Waals surface area contributed by atoms with Crippen molar-refractivity contribution in [2.24, 2.45) is 17.5 Å². The highest BCUT2D eigenvalue weighted by atomic mass is 15.4. The van der Waals surface area contributed by atoms with Crippen molar-refractivity contribution in [2.45, 2.75) is 32.7 Å². The topological polar surface area (TPSA) is 67.3 Å². The van der Waals surface area contributed by atoms with Gasteiger partial charge >= 0.3 is 0 Å². The highest BCUT2D eigenvalue weighted by Gasteiger charge is 2.16. The fourth-order valence-corrected chi connectivity index (χ4v) is 1.53. The summed E-state index contributed by atoms with van der Waals surface area (Å²) < 4.78 is 0. The zero-order valence-corrected chi connectivity index (χ0v) is 9.16. The Kier molecular flexibility index (Phi) is 4.22. The lowest BCUT2D eigenvalue weighted by Crippen LogP contribution is -2.44. The molecule has 0 amide bonds. The second kappa shape index (κ2) is 5.22. The third-order valence-corrected chi connectivity index (χ3v) is 2.70. The Morgan fingerprint density at radius 3 is 2.50 bits per heavy atom. The quantitative estimate of drug-likeness (QED) is 0.453. The molecule has 0 unspecified atom stereocenters. The summed E-state index contributed by atoms with van der Waals surface area (Å²) in [6, 6.07) is 0.438. The summed E-state index contributed by atoms with van der Waals surface area (Å²) in [6.45, 7) is 6.24. The third kappa shape index (κ3) is 3.20. The van der Waals surface area contributed by atoms with E-state index in [1.54, 1.807) is 5.01 Å². The van der Waals surface area contributed by atoms with E-state index in [9.17, 15) is 0 Å². The molecule has 1 heterocycles. The molecular formula is C10H22N4. The lowest BCUT2D eigenvalue weighted by molar-refractivity contribution is 0.228. The van der Waals surface area contributed by atoms with Crippen LogP contribution in [0.3, 0.4) is 0 Å². The van der Waals surface area contributed by atoms with Gasteiger partial charge in [0.05, 0.1) is 0 Å². The fraction of sp³-hybridized carbons (Fsp3) is 0.800. The molecule has 4 heteroatoms. The summed E-state index contributed by atoms with van der Waals surface area (Å²) in [6.07, 6.45) is 4.07. The van der Waals surface area contributed by atoms with Crippen LogP contribution in [0.2, 0.25) is 0 Å². The van der Waals surface area contributed by atoms with E-state index in [2.05, 4.69) is 19.2 Å². The standard InChI is InChI=1S/C10H22N4/c1-8(2)10(11)7-14(12)9-3-5-13-6-4-9/h7-9,13H,3-6,11-12H2,1-2H3/b10-7-. The van der Waals surface area contributed by atoms with Crippen molar-refractivity contribution >= 4 is 0 Å². The van der Waals surface area contributed by atoms with Gasteiger partial charge in [-0.2, -0.15) is 0 Å². The van der Waals surface area contributed by atoms with Crippen LogP contribution in [0.5, 0.6) is 0 Å². The minimum absolute atomic E-state index is 0.364. The van der Waals surface area contributed by atoms with Crippen LogP contribution in [-0.2, 0) is 0 Å². The van der Waals surface area contributed by atoms with E-state index in [0.29, 0.717) is 12.0 Å². The molecule has 1 saturated heterocycles. The zero-order chi connectivity index (χ0) is 10.6. The van der Waals surface area contributed by atoms with Gasteiger partial charge in [-0.25, -0.2) is 5.84 Å². The molecule has 0 radical (unpaired) electrons. The maximum atomic E-state index is 5.94. The predicted molar refractivity (Wildman–Crippen MR) is 59.0 cm³/mol. The van der Waals surface area contributed by atoms with Crippen molar-refractivity contribution in [2.75, 3.05) is 13.1 Å². The largest absolute Gasteiger partial charge is 0.401 e. The molecule has 0 bridgehead atoms. The Balaban J connectivity index is 2.47. The van der Waals surface area contributed by atoms with E-state index < -0.39 is 0 Å². The second-order valence-corrected chi connectivity index (χ2v) is 4.21. The molecule has 0 saturated carbocycles. The lowest BCUT2D eigenvalue weighted by Gasteiger charge is -2.30. The fourth-order valence-electron chi connectivity index (χ4n) is 1.53. The van der Waals surface area contributed by atoms with Crippen molar-refractivity contribution < 1.29 is 0 Å². The number of nitrogens with two attached hydrogens (primary N) is 2. The molecule has 0 aromatic carbocycles. The smallest absolute Gasteiger partial charge is 0.0470 e. The Bertz CT molecular complexity index is 194. The van der Waals surface area contributed by atoms with Crippen LogP contribution in [0.4, 0.5) is 0 Å². The number of hydrogen-bond donors (Lipinski definition) is 3. The number of hydrogen-bond acceptors (Lipinski definition) is 4. The van der Waals surface area contributed by atoms with Crippen LogP contribution >= 0.6 is 0 Å². The molecule has 0 spiro atoms. The van der Waals surface area contributed by atoms with E-state index >= 15 is 0 Å². The molecule has 0 aliphatic carbocycles. The molecule has 1 rings (SSSR count). The van der Waals surface area contributed by atoms with Gasteiger partial charge in [0.1, 0.15) is 0 Å². The van der Waals surface area contributed by atoms with Gasteiger partial charge in [0.15, 0.2) is 0 Å². The molecule has 14 heavy (non-hydrogen) atoms. The molecular weight excluding hydrogens is 176 g/mol. The van der Waals surface area contributed by atoms with Crippen LogP contribution in [0.15, 0.2) is 11.9 Å². The van der Waals surface area contributed by atoms with Gasteiger partial charge in [-0.1, -0.05) is 13.8 Å². The number of allylic oxidation sites excluding steroid dienone is 1. The van der Waals surface area contributed by atoms with Crippen molar-refractivity contribution in [3.05, 3.63) is 11.9 Å². The molecule has 4 nitrogen and oxygen atoms in total. The first-order chi connectivity index (χ1) is 6.61. The van der Waals surface area contributed by atoms with E-state index in [1.807, 2.05) is 6.20 Å². The third-order valence-electron chi connectivity index (χ3n) is 2.70. The first kappa shape index (κ1) is 11.3. The molecule has 0 atom stereocenters. The highest BCUT2D eigenvalue weighted by molar-refractivity contribution is 4.99. The minimum Gasteiger partial charge on any atom is -0.401 e. The Morgan fingerprint density at radius 2 is 2.00 bits per heavy atom. The maximum absolute atomic E-state index is 5.94. The van der Waals surface area contributed by atoms with Crippen LogP contribution in [0, 0.1) is 5.92 Å². The van der Waals surface area contributed by atoms with Crippen molar-refractivity contribution in [3.63, 3.8) is 0 Å². The van der Waals surface area contributed by atoms with Crippen LogP contribution in [0.25, 0.3) is 0 Å². The Labute approximate surface area is 86.3 Å². The van der Waals surface area contributed by atoms with Crippen molar-refractivity contribution in [3.8, 4) is 0 Å². The maximum Gasteiger partial charge on any atom is 0.0470 e. The van der Waals surface area contributed by atoms with E-state index in [4.69, 9.17) is 11.6 Å². The summed E-state index contributed by atoms with van der Waals surface area (Å²) in [5.74, 6) is 6.30. The number of nitrogens with zero attached hydrogens (tertiary/aromatic N) is 1. The van der Waals surface area contributed by atoms with Gasteiger partial charge in [0.2, 0.25) is 0 Å². The summed E-state index contributed by atoms with van der Waals surface area (Å²) in [4.78, 5) is 0. The van der Waals surface area contributed by atoms with Crippen molar-refractivity contribution in [1.29, 1.82) is 0 Å². The number of hydrazine groups is 1.